The third-order valence-electron chi connectivity index (χ3n) is 5.67. The number of amides is 1. The van der Waals surface area contributed by atoms with Crippen LogP contribution in [-0.4, -0.2) is 67.9 Å². The number of esters is 1. The number of carbonyl (C=O) groups is 2. The second-order valence-corrected chi connectivity index (χ2v) is 8.45. The molecule has 2 atom stereocenters. The van der Waals surface area contributed by atoms with Gasteiger partial charge in [0.15, 0.2) is 29.1 Å². The number of methoxy groups -OCH3 is 1. The van der Waals surface area contributed by atoms with E-state index in [1.807, 2.05) is 0 Å². The normalized spacial score (nSPS) is 18.9. The zero-order valence-electron chi connectivity index (χ0n) is 19.4. The van der Waals surface area contributed by atoms with Crippen LogP contribution in [0.4, 0.5) is 8.78 Å². The topological polar surface area (TPSA) is 126 Å². The average Bonchev–Trinajstić information content (AvgIpc) is 3.57. The number of nitrogens with zero attached hydrogens (tertiary/aromatic N) is 2. The summed E-state index contributed by atoms with van der Waals surface area (Å²) in [6, 6.07) is 3.63. The van der Waals surface area contributed by atoms with E-state index in [1.165, 1.54) is 30.2 Å². The van der Waals surface area contributed by atoms with Crippen LogP contribution in [0.2, 0.25) is 0 Å². The van der Waals surface area contributed by atoms with Gasteiger partial charge in [-0.3, -0.25) is 4.79 Å². The van der Waals surface area contributed by atoms with Crippen LogP contribution in [0.25, 0.3) is 11.5 Å². The van der Waals surface area contributed by atoms with Gasteiger partial charge in [0.2, 0.25) is 5.89 Å². The van der Waals surface area contributed by atoms with Crippen LogP contribution in [0.5, 0.6) is 11.5 Å². The molecule has 35 heavy (non-hydrogen) atoms. The molecule has 2 fully saturated rings. The predicted octanol–water partition coefficient (Wildman–Crippen LogP) is 2.77. The number of hydrogen-bond acceptors (Lipinski definition) is 9. The second-order valence-electron chi connectivity index (χ2n) is 8.45. The van der Waals surface area contributed by atoms with Gasteiger partial charge in [-0.2, -0.15) is 8.78 Å². The summed E-state index contributed by atoms with van der Waals surface area (Å²) in [5, 5.41) is 0. The fourth-order valence-electron chi connectivity index (χ4n) is 3.61. The monoisotopic (exact) mass is 495 g/mol. The first-order valence-corrected chi connectivity index (χ1v) is 11.2. The number of halogens is 2. The molecule has 190 valence electrons. The fraction of sp³-hybridized carbons (Fsp3) is 0.522. The lowest BCUT2D eigenvalue weighted by Crippen LogP contribution is -2.49. The lowest BCUT2D eigenvalue weighted by Gasteiger charge is -2.31. The summed E-state index contributed by atoms with van der Waals surface area (Å²) in [6.45, 7) is -0.612. The number of hydrogen-bond donors (Lipinski definition) is 1. The molecule has 1 aromatic heterocycles. The van der Waals surface area contributed by atoms with Gasteiger partial charge < -0.3 is 34.0 Å². The highest BCUT2D eigenvalue weighted by molar-refractivity contribution is 5.94. The zero-order valence-corrected chi connectivity index (χ0v) is 19.4. The Bertz CT molecular complexity index is 1070. The molecule has 1 aliphatic carbocycles. The van der Waals surface area contributed by atoms with Crippen molar-refractivity contribution in [3.63, 3.8) is 0 Å². The van der Waals surface area contributed by atoms with Gasteiger partial charge in [-0.25, -0.2) is 9.78 Å². The van der Waals surface area contributed by atoms with Crippen molar-refractivity contribution >= 4 is 11.9 Å². The summed E-state index contributed by atoms with van der Waals surface area (Å²) >= 11 is 0. The Morgan fingerprint density at radius 2 is 2.06 bits per heavy atom. The highest BCUT2D eigenvalue weighted by Gasteiger charge is 2.34. The smallest absolute Gasteiger partial charge is 0.387 e. The van der Waals surface area contributed by atoms with Crippen LogP contribution < -0.4 is 15.2 Å². The van der Waals surface area contributed by atoms with E-state index in [2.05, 4.69) is 9.72 Å². The Morgan fingerprint density at radius 1 is 1.29 bits per heavy atom. The number of alkyl halides is 2. The Morgan fingerprint density at radius 3 is 2.71 bits per heavy atom. The first-order chi connectivity index (χ1) is 16.8. The number of nitrogens with two attached hydrogens (primary N) is 1. The molecule has 0 bridgehead atoms. The summed E-state index contributed by atoms with van der Waals surface area (Å²) in [6.07, 6.45) is 1.13. The standard InChI is InChI=1S/C23H27F2N3O7/c1-12(26)19-18(21(29)28-7-8-32-17(10-28)22(30)31-2)27-20(35-19)14-5-6-15(34-23(24)25)16(9-14)33-11-13-3-4-13/h5-6,9,12-13,17,23H,3-4,7-8,10-11,26H2,1-2H3/t12-,17?/m0/s1. The predicted molar refractivity (Wildman–Crippen MR) is 117 cm³/mol. The number of rotatable bonds is 9. The van der Waals surface area contributed by atoms with E-state index in [0.717, 1.165) is 12.8 Å². The van der Waals surface area contributed by atoms with E-state index in [-0.39, 0.29) is 48.5 Å². The maximum Gasteiger partial charge on any atom is 0.387 e. The van der Waals surface area contributed by atoms with E-state index in [4.69, 9.17) is 24.4 Å². The molecule has 2 aliphatic rings. The minimum absolute atomic E-state index is 0.00567. The summed E-state index contributed by atoms with van der Waals surface area (Å²) in [7, 11) is 1.24. The lowest BCUT2D eigenvalue weighted by molar-refractivity contribution is -0.158. The number of benzene rings is 1. The molecule has 2 N–H and O–H groups in total. The van der Waals surface area contributed by atoms with Crippen LogP contribution in [0.3, 0.4) is 0 Å². The minimum Gasteiger partial charge on any atom is -0.489 e. The van der Waals surface area contributed by atoms with Crippen molar-refractivity contribution in [3.05, 3.63) is 29.7 Å². The van der Waals surface area contributed by atoms with Gasteiger partial charge in [0, 0.05) is 12.1 Å². The molecule has 1 amide bonds. The third kappa shape index (κ3) is 5.88. The average molecular weight is 495 g/mol. The minimum atomic E-state index is -3.01. The van der Waals surface area contributed by atoms with Crippen LogP contribution in [0.15, 0.2) is 22.6 Å². The summed E-state index contributed by atoms with van der Waals surface area (Å²) in [5.74, 6) is -0.444. The third-order valence-corrected chi connectivity index (χ3v) is 5.67. The molecule has 2 aromatic rings. The highest BCUT2D eigenvalue weighted by Crippen LogP contribution is 2.37. The Labute approximate surface area is 200 Å². The SMILES string of the molecule is COC(=O)C1CN(C(=O)c2nc(-c3ccc(OC(F)F)c(OCC4CC4)c3)oc2[C@H](C)N)CCO1. The Hall–Kier alpha value is -3.25. The highest BCUT2D eigenvalue weighted by atomic mass is 19.3. The lowest BCUT2D eigenvalue weighted by atomic mass is 10.2. The first kappa shape index (κ1) is 24.9. The van der Waals surface area contributed by atoms with Crippen molar-refractivity contribution in [2.45, 2.75) is 38.5 Å². The van der Waals surface area contributed by atoms with Crippen LogP contribution >= 0.6 is 0 Å². The second kappa shape index (κ2) is 10.6. The molecule has 1 aliphatic heterocycles. The van der Waals surface area contributed by atoms with Crippen molar-refractivity contribution in [1.29, 1.82) is 0 Å². The molecule has 1 saturated carbocycles. The van der Waals surface area contributed by atoms with Crippen molar-refractivity contribution in [1.82, 2.24) is 9.88 Å². The van der Waals surface area contributed by atoms with Gasteiger partial charge in [0.1, 0.15) is 0 Å². The van der Waals surface area contributed by atoms with E-state index in [0.29, 0.717) is 18.1 Å². The molecular formula is C23H27F2N3O7. The molecule has 4 rings (SSSR count). The molecule has 12 heteroatoms. The van der Waals surface area contributed by atoms with Gasteiger partial charge in [-0.05, 0) is 43.9 Å². The molecular weight excluding hydrogens is 468 g/mol. The maximum absolute atomic E-state index is 13.3. The van der Waals surface area contributed by atoms with Crippen LogP contribution in [0, 0.1) is 5.92 Å². The zero-order chi connectivity index (χ0) is 25.1. The van der Waals surface area contributed by atoms with Gasteiger partial charge in [0.25, 0.3) is 5.91 Å². The van der Waals surface area contributed by atoms with Gasteiger partial charge in [0.05, 0.1) is 32.9 Å². The number of ether oxygens (including phenoxy) is 4. The molecule has 10 nitrogen and oxygen atoms in total. The summed E-state index contributed by atoms with van der Waals surface area (Å²) < 4.78 is 51.9. The molecule has 0 radical (unpaired) electrons. The number of oxazole rings is 1. The van der Waals surface area contributed by atoms with Gasteiger partial charge in [-0.1, -0.05) is 0 Å². The number of aromatic nitrogens is 1. The molecule has 2 heterocycles. The van der Waals surface area contributed by atoms with E-state index in [1.54, 1.807) is 6.92 Å². The van der Waals surface area contributed by atoms with Crippen LogP contribution in [0.1, 0.15) is 42.1 Å². The Balaban J connectivity index is 1.62. The van der Waals surface area contributed by atoms with E-state index >= 15 is 0 Å². The van der Waals surface area contributed by atoms with Crippen molar-refractivity contribution < 1.29 is 41.7 Å². The Kier molecular flexibility index (Phi) is 7.51. The molecule has 1 aromatic carbocycles. The van der Waals surface area contributed by atoms with Crippen molar-refractivity contribution in [3.8, 4) is 23.0 Å². The molecule has 1 unspecified atom stereocenters. The molecule has 1 saturated heterocycles. The summed E-state index contributed by atoms with van der Waals surface area (Å²) in [5.41, 5.74) is 6.43. The van der Waals surface area contributed by atoms with Crippen molar-refractivity contribution in [2.75, 3.05) is 33.4 Å². The van der Waals surface area contributed by atoms with Gasteiger partial charge in [-0.15, -0.1) is 0 Å². The van der Waals surface area contributed by atoms with E-state index in [9.17, 15) is 18.4 Å². The largest absolute Gasteiger partial charge is 0.489 e. The van der Waals surface area contributed by atoms with Gasteiger partial charge >= 0.3 is 12.6 Å². The van der Waals surface area contributed by atoms with Crippen molar-refractivity contribution in [2.24, 2.45) is 11.7 Å². The first-order valence-electron chi connectivity index (χ1n) is 11.2. The fourth-order valence-corrected chi connectivity index (χ4v) is 3.61. The van der Waals surface area contributed by atoms with E-state index < -0.39 is 30.6 Å². The number of morpholine rings is 1. The quantitative estimate of drug-likeness (QED) is 0.523. The van der Waals surface area contributed by atoms with Crippen LogP contribution in [-0.2, 0) is 14.3 Å². The molecule has 0 spiro atoms. The maximum atomic E-state index is 13.3. The summed E-state index contributed by atoms with van der Waals surface area (Å²) in [4.78, 5) is 30.9. The number of carbonyl (C=O) groups excluding carboxylic acids is 2.